The van der Waals surface area contributed by atoms with Gasteiger partial charge in [-0.15, -0.1) is 5.10 Å². The van der Waals surface area contributed by atoms with Gasteiger partial charge in [-0.1, -0.05) is 114 Å². The largest absolute Gasteiger partial charge is 0.464 e. The Morgan fingerprint density at radius 3 is 2.51 bits per heavy atom. The zero-order valence-corrected chi connectivity index (χ0v) is 26.2. The first-order valence-electron chi connectivity index (χ1n) is 15.4. The van der Waals surface area contributed by atoms with E-state index in [-0.39, 0.29) is 11.3 Å². The summed E-state index contributed by atoms with van der Waals surface area (Å²) in [6.07, 6.45) is 6.24. The highest BCUT2D eigenvalue weighted by atomic mass is 32.2. The predicted octanol–water partition coefficient (Wildman–Crippen LogP) is 7.67. The molecule has 4 aromatic rings. The van der Waals surface area contributed by atoms with E-state index in [2.05, 4.69) is 84.0 Å². The van der Waals surface area contributed by atoms with Gasteiger partial charge in [0, 0.05) is 28.8 Å². The molecule has 1 saturated carbocycles. The number of aryl methyl sites for hydroxylation is 2. The fourth-order valence-corrected chi connectivity index (χ4v) is 7.77. The minimum Gasteiger partial charge on any atom is -0.464 e. The van der Waals surface area contributed by atoms with Crippen LogP contribution < -0.4 is 10.1 Å². The van der Waals surface area contributed by atoms with E-state index in [1.165, 1.54) is 28.7 Å². The Bertz CT molecular complexity index is 1640. The Kier molecular flexibility index (Phi) is 8.70. The molecule has 0 atom stereocenters. The van der Waals surface area contributed by atoms with Crippen LogP contribution in [-0.4, -0.2) is 27.3 Å². The highest BCUT2D eigenvalue weighted by Crippen LogP contribution is 2.53. The summed E-state index contributed by atoms with van der Waals surface area (Å²) < 4.78 is 8.15. The van der Waals surface area contributed by atoms with Gasteiger partial charge < -0.3 is 10.1 Å². The molecular weight excluding hydrogens is 552 g/mol. The average molecular weight is 593 g/mol. The van der Waals surface area contributed by atoms with E-state index in [4.69, 9.17) is 4.74 Å². The summed E-state index contributed by atoms with van der Waals surface area (Å²) in [5.41, 5.74) is 8.61. The fourth-order valence-electron chi connectivity index (χ4n) is 6.76. The first-order chi connectivity index (χ1) is 21.0. The average Bonchev–Trinajstić information content (AvgIpc) is 3.41. The van der Waals surface area contributed by atoms with Gasteiger partial charge in [0.15, 0.2) is 5.16 Å². The van der Waals surface area contributed by atoms with Crippen molar-refractivity contribution in [2.24, 2.45) is 5.41 Å². The van der Waals surface area contributed by atoms with Crippen molar-refractivity contribution < 1.29 is 9.53 Å². The number of fused-ring (bicyclic) bond motifs is 1. The van der Waals surface area contributed by atoms with Gasteiger partial charge in [-0.2, -0.15) is 0 Å². The lowest BCUT2D eigenvalue weighted by Crippen LogP contribution is -2.41. The summed E-state index contributed by atoms with van der Waals surface area (Å²) in [7, 11) is 0. The Morgan fingerprint density at radius 1 is 0.977 bits per heavy atom. The molecule has 1 spiro atoms. The molecule has 6 nitrogen and oxygen atoms in total. The van der Waals surface area contributed by atoms with Crippen molar-refractivity contribution in [2.45, 2.75) is 76.8 Å². The molecule has 222 valence electrons. The number of amides is 1. The highest BCUT2D eigenvalue weighted by Gasteiger charge is 2.46. The van der Waals surface area contributed by atoms with Crippen molar-refractivity contribution in [3.05, 3.63) is 112 Å². The van der Waals surface area contributed by atoms with E-state index in [1.807, 2.05) is 29.7 Å². The maximum Gasteiger partial charge on any atom is 0.322 e. The van der Waals surface area contributed by atoms with Crippen LogP contribution in [0.25, 0.3) is 5.70 Å². The number of rotatable bonds is 9. The van der Waals surface area contributed by atoms with Crippen LogP contribution in [0.5, 0.6) is 6.01 Å². The second-order valence-corrected chi connectivity index (χ2v) is 12.8. The number of hydrogen-bond acceptors (Lipinski definition) is 5. The maximum atomic E-state index is 14.5. The highest BCUT2D eigenvalue weighted by molar-refractivity contribution is 7.98. The number of aromatic nitrogens is 3. The first kappa shape index (κ1) is 29.2. The summed E-state index contributed by atoms with van der Waals surface area (Å²) >= 11 is 1.64. The Morgan fingerprint density at radius 2 is 1.74 bits per heavy atom. The van der Waals surface area contributed by atoms with Crippen molar-refractivity contribution in [3.63, 3.8) is 0 Å². The van der Waals surface area contributed by atoms with Gasteiger partial charge in [-0.25, -0.2) is 4.57 Å². The zero-order chi connectivity index (χ0) is 29.8. The number of thioether (sulfide) groups is 1. The van der Waals surface area contributed by atoms with Gasteiger partial charge >= 0.3 is 6.01 Å². The van der Waals surface area contributed by atoms with Crippen LogP contribution in [0.2, 0.25) is 0 Å². The third-order valence-electron chi connectivity index (χ3n) is 8.86. The van der Waals surface area contributed by atoms with E-state index in [1.54, 1.807) is 11.8 Å². The molecule has 7 heteroatoms. The monoisotopic (exact) mass is 592 g/mol. The molecule has 0 aliphatic heterocycles. The van der Waals surface area contributed by atoms with E-state index < -0.39 is 0 Å². The van der Waals surface area contributed by atoms with Crippen molar-refractivity contribution in [1.29, 1.82) is 0 Å². The number of benzene rings is 3. The van der Waals surface area contributed by atoms with Crippen LogP contribution in [-0.2, 0) is 23.5 Å². The molecule has 1 amide bonds. The van der Waals surface area contributed by atoms with E-state index in [0.29, 0.717) is 19.2 Å². The molecule has 2 aliphatic rings. The summed E-state index contributed by atoms with van der Waals surface area (Å²) in [4.78, 5) is 14.5. The van der Waals surface area contributed by atoms with Crippen LogP contribution in [0.3, 0.4) is 0 Å². The Labute approximate surface area is 259 Å². The minimum atomic E-state index is -0.258. The molecule has 0 bridgehead atoms. The molecule has 0 radical (unpaired) electrons. The van der Waals surface area contributed by atoms with Crippen LogP contribution in [0.15, 0.2) is 83.5 Å². The molecule has 1 heterocycles. The first-order valence-corrected chi connectivity index (χ1v) is 16.4. The lowest BCUT2D eigenvalue weighted by atomic mass is 9.61. The molecule has 1 fully saturated rings. The molecule has 43 heavy (non-hydrogen) atoms. The second kappa shape index (κ2) is 12.8. The lowest BCUT2D eigenvalue weighted by molar-refractivity contribution is -0.119. The smallest absolute Gasteiger partial charge is 0.322 e. The second-order valence-electron chi connectivity index (χ2n) is 11.8. The number of nitrogens with one attached hydrogen (secondary N) is 1. The van der Waals surface area contributed by atoms with Gasteiger partial charge in [0.2, 0.25) is 5.91 Å². The Balaban J connectivity index is 1.51. The lowest BCUT2D eigenvalue weighted by Gasteiger charge is -2.44. The summed E-state index contributed by atoms with van der Waals surface area (Å²) in [6, 6.07) is 25.6. The molecule has 2 aliphatic carbocycles. The third-order valence-corrected chi connectivity index (χ3v) is 9.84. The third kappa shape index (κ3) is 6.00. The van der Waals surface area contributed by atoms with Crippen molar-refractivity contribution >= 4 is 23.4 Å². The van der Waals surface area contributed by atoms with Gasteiger partial charge in [-0.3, -0.25) is 4.79 Å². The topological polar surface area (TPSA) is 69.0 Å². The molecular formula is C36H40N4O2S. The van der Waals surface area contributed by atoms with Gasteiger partial charge in [0.05, 0.1) is 12.3 Å². The molecule has 0 saturated heterocycles. The Hall–Kier alpha value is -3.84. The van der Waals surface area contributed by atoms with E-state index in [9.17, 15) is 4.79 Å². The normalized spacial score (nSPS) is 15.8. The van der Waals surface area contributed by atoms with Gasteiger partial charge in [-0.05, 0) is 62.3 Å². The van der Waals surface area contributed by atoms with Crippen LogP contribution >= 0.6 is 11.8 Å². The summed E-state index contributed by atoms with van der Waals surface area (Å²) in [5, 5.41) is 13.2. The fraction of sp³-hybridized carbons (Fsp3) is 0.361. The number of ether oxygens (including phenoxy) is 1. The van der Waals surface area contributed by atoms with Gasteiger partial charge in [0.25, 0.3) is 0 Å². The summed E-state index contributed by atoms with van der Waals surface area (Å²) in [5.74, 6) is 0.725. The molecule has 3 aromatic carbocycles. The SMILES string of the molecule is CCOc1nnc(SCc2ccc(C)cc2C)n1C1=C(C(=O)NCc2ccccc2)C2(CCCCC2)Cc2ccccc21. The minimum absolute atomic E-state index is 0.0169. The summed E-state index contributed by atoms with van der Waals surface area (Å²) in [6.45, 7) is 7.16. The van der Waals surface area contributed by atoms with Crippen LogP contribution in [0.1, 0.15) is 72.4 Å². The zero-order valence-electron chi connectivity index (χ0n) is 25.4. The quantitative estimate of drug-likeness (QED) is 0.202. The molecule has 1 aromatic heterocycles. The standard InChI is InChI=1S/C36H40N4O2S/c1-4-42-34-38-39-35(43-24-29-18-17-25(2)21-26(29)3)40(34)32-30-16-10-9-15-28(30)22-36(19-11-6-12-20-36)31(32)33(41)37-23-27-13-7-5-8-14-27/h5,7-10,13-18,21H,4,6,11-12,19-20,22-24H2,1-3H3,(H,37,41). The number of hydrogen-bond donors (Lipinski definition) is 1. The molecule has 1 N–H and O–H groups in total. The molecule has 6 rings (SSSR count). The number of carbonyl (C=O) groups excluding carboxylic acids is 1. The molecule has 0 unspecified atom stereocenters. The van der Waals surface area contributed by atoms with Crippen LogP contribution in [0.4, 0.5) is 0 Å². The maximum absolute atomic E-state index is 14.5. The van der Waals surface area contributed by atoms with E-state index >= 15 is 0 Å². The van der Waals surface area contributed by atoms with Crippen molar-refractivity contribution in [3.8, 4) is 6.01 Å². The van der Waals surface area contributed by atoms with E-state index in [0.717, 1.165) is 65.4 Å². The number of nitrogens with zero attached hydrogens (tertiary/aromatic N) is 3. The van der Waals surface area contributed by atoms with Crippen molar-refractivity contribution in [1.82, 2.24) is 20.1 Å². The van der Waals surface area contributed by atoms with Gasteiger partial charge in [0.1, 0.15) is 0 Å². The number of carbonyl (C=O) groups is 1. The van der Waals surface area contributed by atoms with Crippen molar-refractivity contribution in [2.75, 3.05) is 6.61 Å². The predicted molar refractivity (Wildman–Crippen MR) is 173 cm³/mol. The van der Waals surface area contributed by atoms with Crippen LogP contribution in [0, 0.1) is 19.3 Å².